The molecule has 175 valence electrons. The van der Waals surface area contributed by atoms with Gasteiger partial charge in [0.2, 0.25) is 0 Å². The predicted octanol–water partition coefficient (Wildman–Crippen LogP) is 7.49. The van der Waals surface area contributed by atoms with Crippen molar-refractivity contribution in [1.82, 2.24) is 9.97 Å². The maximum atomic E-state index is 9.10. The van der Waals surface area contributed by atoms with E-state index in [9.17, 15) is 0 Å². The molecule has 3 aromatic carbocycles. The minimum absolute atomic E-state index is 0. The Kier molecular flexibility index (Phi) is 9.38. The quantitative estimate of drug-likeness (QED) is 0.192. The first kappa shape index (κ1) is 26.2. The third-order valence-electron chi connectivity index (χ3n) is 5.22. The Bertz CT molecular complexity index is 1430. The van der Waals surface area contributed by atoms with Crippen LogP contribution in [0, 0.1) is 37.0 Å². The number of hydrogen-bond donors (Lipinski definition) is 0. The minimum Gasteiger partial charge on any atom is -0.305 e. The van der Waals surface area contributed by atoms with E-state index in [1.54, 1.807) is 12.3 Å². The summed E-state index contributed by atoms with van der Waals surface area (Å²) in [6, 6.07) is 37.2. The van der Waals surface area contributed by atoms with Gasteiger partial charge >= 0.3 is 0 Å². The molecular formula is C31H20IrN4-2. The number of hydrogen-bond acceptors (Lipinski definition) is 3. The van der Waals surface area contributed by atoms with E-state index < -0.39 is 0 Å². The van der Waals surface area contributed by atoms with Crippen LogP contribution in [-0.4, -0.2) is 9.97 Å². The first-order chi connectivity index (χ1) is 17.2. The number of nitrogens with zero attached hydrogens (tertiary/aromatic N) is 4. The standard InChI is InChI=1S/C20H12N3.C11H8N.Ir/c1-14-13-23-20(11-19(14)16-6-4-3-5-7-16)17-8-15(12-21)9-18(10-17)22-2;1-2-6-10(7-3-1)11-8-4-5-9-12-11;/h3-7,9-11,13H,1H3;1-6,8-9H;/q2*-1;. The fraction of sp³-hybridized carbons (Fsp3) is 0.0323. The first-order valence-corrected chi connectivity index (χ1v) is 10.9. The molecule has 5 aromatic rings. The van der Waals surface area contributed by atoms with Gasteiger partial charge in [0, 0.05) is 38.2 Å². The van der Waals surface area contributed by atoms with E-state index in [0.29, 0.717) is 22.5 Å². The third-order valence-corrected chi connectivity index (χ3v) is 5.22. The van der Waals surface area contributed by atoms with Crippen molar-refractivity contribution in [3.05, 3.63) is 138 Å². The molecule has 4 nitrogen and oxygen atoms in total. The molecule has 36 heavy (non-hydrogen) atoms. The Morgan fingerprint density at radius 2 is 1.64 bits per heavy atom. The number of aromatic nitrogens is 2. The zero-order valence-corrected chi connectivity index (χ0v) is 21.8. The van der Waals surface area contributed by atoms with Gasteiger partial charge in [0.25, 0.3) is 0 Å². The summed E-state index contributed by atoms with van der Waals surface area (Å²) in [7, 11) is 0. The molecule has 0 fully saturated rings. The van der Waals surface area contributed by atoms with Gasteiger partial charge in [-0.2, -0.15) is 0 Å². The SMILES string of the molecule is [C-]#[N+]c1cc(C#N)[c-]c(-c2cc(-c3ccccc3)c(C)cn2)c1.[Ir].[c-]1ccccc1-c1ccccn1. The second-order valence-corrected chi connectivity index (χ2v) is 7.63. The fourth-order valence-corrected chi connectivity index (χ4v) is 3.49. The van der Waals surface area contributed by atoms with E-state index >= 15 is 0 Å². The van der Waals surface area contributed by atoms with Gasteiger partial charge in [-0.1, -0.05) is 54.1 Å². The van der Waals surface area contributed by atoms with Crippen LogP contribution in [0.4, 0.5) is 5.69 Å². The summed E-state index contributed by atoms with van der Waals surface area (Å²) in [5.41, 5.74) is 7.39. The zero-order chi connectivity index (χ0) is 24.5. The molecule has 1 radical (unpaired) electrons. The van der Waals surface area contributed by atoms with Crippen LogP contribution in [0.15, 0.2) is 103 Å². The summed E-state index contributed by atoms with van der Waals surface area (Å²) >= 11 is 0. The second kappa shape index (κ2) is 12.9. The molecule has 0 aliphatic rings. The van der Waals surface area contributed by atoms with E-state index in [-0.39, 0.29) is 20.1 Å². The van der Waals surface area contributed by atoms with Crippen molar-refractivity contribution in [1.29, 1.82) is 5.26 Å². The molecule has 0 spiro atoms. The molecule has 0 aliphatic carbocycles. The molecule has 0 amide bonds. The third kappa shape index (κ3) is 6.59. The van der Waals surface area contributed by atoms with Gasteiger partial charge in [0.1, 0.15) is 5.69 Å². The zero-order valence-electron chi connectivity index (χ0n) is 19.4. The Morgan fingerprint density at radius 3 is 2.31 bits per heavy atom. The number of pyridine rings is 2. The predicted molar refractivity (Wildman–Crippen MR) is 138 cm³/mol. The maximum Gasteiger partial charge on any atom is 0.125 e. The van der Waals surface area contributed by atoms with Crippen molar-refractivity contribution < 1.29 is 20.1 Å². The molecule has 0 saturated carbocycles. The van der Waals surface area contributed by atoms with Crippen LogP contribution in [0.3, 0.4) is 0 Å². The van der Waals surface area contributed by atoms with Crippen LogP contribution < -0.4 is 0 Å². The van der Waals surface area contributed by atoms with Gasteiger partial charge in [-0.3, -0.25) is 9.83 Å². The van der Waals surface area contributed by atoms with Gasteiger partial charge in [-0.25, -0.2) is 5.26 Å². The fourth-order valence-electron chi connectivity index (χ4n) is 3.49. The molecule has 0 N–H and O–H groups in total. The van der Waals surface area contributed by atoms with E-state index in [1.165, 1.54) is 6.07 Å². The Morgan fingerprint density at radius 1 is 0.861 bits per heavy atom. The summed E-state index contributed by atoms with van der Waals surface area (Å²) in [5.74, 6) is 0. The Balaban J connectivity index is 0.000000234. The molecule has 2 aromatic heterocycles. The van der Waals surface area contributed by atoms with Crippen molar-refractivity contribution in [2.24, 2.45) is 0 Å². The van der Waals surface area contributed by atoms with Gasteiger partial charge in [-0.05, 0) is 41.4 Å². The van der Waals surface area contributed by atoms with E-state index in [1.807, 2.05) is 98.1 Å². The van der Waals surface area contributed by atoms with Crippen LogP contribution in [0.2, 0.25) is 0 Å². The van der Waals surface area contributed by atoms with Crippen LogP contribution in [-0.2, 0) is 20.1 Å². The molecule has 5 heteroatoms. The van der Waals surface area contributed by atoms with Crippen molar-refractivity contribution in [3.63, 3.8) is 0 Å². The van der Waals surface area contributed by atoms with Gasteiger partial charge < -0.3 is 4.98 Å². The first-order valence-electron chi connectivity index (χ1n) is 10.9. The van der Waals surface area contributed by atoms with Gasteiger partial charge in [-0.15, -0.1) is 59.7 Å². The maximum absolute atomic E-state index is 9.10. The Hall–Kier alpha value is -4.41. The smallest absolute Gasteiger partial charge is 0.125 e. The Labute approximate surface area is 225 Å². The molecular weight excluding hydrogens is 621 g/mol. The topological polar surface area (TPSA) is 53.9 Å². The van der Waals surface area contributed by atoms with Crippen LogP contribution in [0.25, 0.3) is 38.5 Å². The van der Waals surface area contributed by atoms with Crippen LogP contribution in [0.5, 0.6) is 0 Å². The number of nitriles is 1. The minimum atomic E-state index is 0. The molecule has 0 bridgehead atoms. The average molecular weight is 641 g/mol. The van der Waals surface area contributed by atoms with Crippen molar-refractivity contribution in [3.8, 4) is 39.7 Å². The van der Waals surface area contributed by atoms with Crippen LogP contribution in [0.1, 0.15) is 11.1 Å². The average Bonchev–Trinajstić information content (AvgIpc) is 2.94. The molecule has 0 saturated heterocycles. The van der Waals surface area contributed by atoms with Crippen molar-refractivity contribution in [2.75, 3.05) is 0 Å². The van der Waals surface area contributed by atoms with E-state index in [4.69, 9.17) is 11.8 Å². The number of benzene rings is 3. The molecule has 0 aliphatic heterocycles. The summed E-state index contributed by atoms with van der Waals surface area (Å²) < 4.78 is 0. The molecule has 2 heterocycles. The summed E-state index contributed by atoms with van der Waals surface area (Å²) in [5, 5.41) is 9.10. The largest absolute Gasteiger partial charge is 0.305 e. The number of rotatable bonds is 3. The summed E-state index contributed by atoms with van der Waals surface area (Å²) in [6.07, 6.45) is 3.60. The second-order valence-electron chi connectivity index (χ2n) is 7.63. The van der Waals surface area contributed by atoms with Crippen LogP contribution >= 0.6 is 0 Å². The monoisotopic (exact) mass is 641 g/mol. The van der Waals surface area contributed by atoms with Crippen molar-refractivity contribution >= 4 is 5.69 Å². The molecule has 5 rings (SSSR count). The molecule has 0 unspecified atom stereocenters. The van der Waals surface area contributed by atoms with Gasteiger partial charge in [0.15, 0.2) is 0 Å². The van der Waals surface area contributed by atoms with Crippen molar-refractivity contribution in [2.45, 2.75) is 6.92 Å². The van der Waals surface area contributed by atoms with E-state index in [0.717, 1.165) is 27.9 Å². The number of aryl methyl sites for hydroxylation is 1. The van der Waals surface area contributed by atoms with E-state index in [2.05, 4.69) is 26.9 Å². The normalized spacial score (nSPS) is 9.53. The summed E-state index contributed by atoms with van der Waals surface area (Å²) in [4.78, 5) is 12.1. The summed E-state index contributed by atoms with van der Waals surface area (Å²) in [6.45, 7) is 9.18. The molecule has 0 atom stereocenters. The van der Waals surface area contributed by atoms with Gasteiger partial charge in [0.05, 0.1) is 6.57 Å².